The van der Waals surface area contributed by atoms with Crippen LogP contribution in [0.1, 0.15) is 53.4 Å². The van der Waals surface area contributed by atoms with Gasteiger partial charge >= 0.3 is 5.97 Å². The lowest BCUT2D eigenvalue weighted by molar-refractivity contribution is -0.158. The summed E-state index contributed by atoms with van der Waals surface area (Å²) in [5, 5.41) is 0. The molecule has 0 aromatic rings. The Morgan fingerprint density at radius 3 is 2.85 bits per heavy atom. The zero-order chi connectivity index (χ0) is 15.0. The van der Waals surface area contributed by atoms with Crippen molar-refractivity contribution in [2.45, 2.75) is 65.3 Å². The minimum atomic E-state index is -0.560. The van der Waals surface area contributed by atoms with E-state index in [1.165, 1.54) is 12.8 Å². The van der Waals surface area contributed by atoms with Gasteiger partial charge in [-0.2, -0.15) is 0 Å². The van der Waals surface area contributed by atoms with E-state index in [9.17, 15) is 4.79 Å². The maximum atomic E-state index is 11.6. The van der Waals surface area contributed by atoms with E-state index >= 15 is 0 Å². The van der Waals surface area contributed by atoms with Gasteiger partial charge in [-0.25, -0.2) is 0 Å². The topological polar surface area (TPSA) is 44.8 Å². The van der Waals surface area contributed by atoms with Gasteiger partial charge in [-0.3, -0.25) is 4.79 Å². The Labute approximate surface area is 122 Å². The lowest BCUT2D eigenvalue weighted by atomic mass is 10.1. The molecule has 4 nitrogen and oxygen atoms in total. The summed E-state index contributed by atoms with van der Waals surface area (Å²) in [5.74, 6) is -0.150. The van der Waals surface area contributed by atoms with Crippen molar-refractivity contribution < 1.29 is 19.0 Å². The first-order valence-electron chi connectivity index (χ1n) is 7.57. The van der Waals surface area contributed by atoms with E-state index in [2.05, 4.69) is 26.0 Å². The lowest BCUT2D eigenvalue weighted by Crippen LogP contribution is -2.25. The molecule has 1 saturated heterocycles. The van der Waals surface area contributed by atoms with Crippen molar-refractivity contribution in [1.82, 2.24) is 0 Å². The molecule has 116 valence electrons. The molecule has 2 unspecified atom stereocenters. The predicted octanol–water partition coefficient (Wildman–Crippen LogP) is 3.45. The molecule has 1 rings (SSSR count). The van der Waals surface area contributed by atoms with E-state index in [4.69, 9.17) is 14.2 Å². The maximum Gasteiger partial charge on any atom is 0.306 e. The second kappa shape index (κ2) is 8.42. The molecule has 2 atom stereocenters. The van der Waals surface area contributed by atoms with Gasteiger partial charge in [0.1, 0.15) is 12.7 Å². The number of ether oxygens (including phenoxy) is 3. The molecule has 20 heavy (non-hydrogen) atoms. The summed E-state index contributed by atoms with van der Waals surface area (Å²) >= 11 is 0. The molecule has 0 N–H and O–H groups in total. The van der Waals surface area contributed by atoms with Crippen LogP contribution >= 0.6 is 0 Å². The fourth-order valence-corrected chi connectivity index (χ4v) is 2.18. The monoisotopic (exact) mass is 284 g/mol. The highest BCUT2D eigenvalue weighted by atomic mass is 16.7. The van der Waals surface area contributed by atoms with Gasteiger partial charge in [0, 0.05) is 6.42 Å². The largest absolute Gasteiger partial charge is 0.463 e. The Morgan fingerprint density at radius 2 is 2.25 bits per heavy atom. The van der Waals surface area contributed by atoms with Crippen LogP contribution in [0.25, 0.3) is 0 Å². The fraction of sp³-hybridized carbons (Fsp3) is 0.812. The normalized spacial score (nSPS) is 23.1. The number of rotatable bonds is 8. The van der Waals surface area contributed by atoms with E-state index in [-0.39, 0.29) is 18.7 Å². The van der Waals surface area contributed by atoms with E-state index in [1.54, 1.807) is 0 Å². The van der Waals surface area contributed by atoms with Crippen LogP contribution in [0.5, 0.6) is 0 Å². The van der Waals surface area contributed by atoms with Crippen molar-refractivity contribution >= 4 is 5.97 Å². The van der Waals surface area contributed by atoms with Crippen molar-refractivity contribution in [3.05, 3.63) is 12.2 Å². The Bertz CT molecular complexity index is 322. The molecule has 0 aromatic heterocycles. The van der Waals surface area contributed by atoms with E-state index in [0.29, 0.717) is 18.9 Å². The van der Waals surface area contributed by atoms with Gasteiger partial charge < -0.3 is 14.2 Å². The molecule has 4 heteroatoms. The molecule has 1 fully saturated rings. The Balaban J connectivity index is 2.09. The molecule has 0 radical (unpaired) electrons. The van der Waals surface area contributed by atoms with Crippen LogP contribution in [0.3, 0.4) is 0 Å². The number of carbonyl (C=O) groups is 1. The van der Waals surface area contributed by atoms with E-state index in [1.807, 2.05) is 13.8 Å². The summed E-state index contributed by atoms with van der Waals surface area (Å²) < 4.78 is 16.2. The van der Waals surface area contributed by atoms with Crippen molar-refractivity contribution in [3.8, 4) is 0 Å². The minimum Gasteiger partial charge on any atom is -0.463 e. The molecule has 0 bridgehead atoms. The second-order valence-electron chi connectivity index (χ2n) is 5.87. The molecule has 0 aromatic carbocycles. The van der Waals surface area contributed by atoms with Gasteiger partial charge in [0.05, 0.1) is 6.61 Å². The van der Waals surface area contributed by atoms with Gasteiger partial charge in [0.2, 0.25) is 0 Å². The number of carbonyl (C=O) groups excluding carboxylic acids is 1. The average molecular weight is 284 g/mol. The van der Waals surface area contributed by atoms with Crippen LogP contribution in [0.15, 0.2) is 12.2 Å². The Hall–Kier alpha value is -0.870. The summed E-state index contributed by atoms with van der Waals surface area (Å²) in [4.78, 5) is 11.6. The van der Waals surface area contributed by atoms with Crippen LogP contribution in [0.2, 0.25) is 0 Å². The van der Waals surface area contributed by atoms with Gasteiger partial charge in [-0.1, -0.05) is 32.4 Å². The maximum absolute atomic E-state index is 11.6. The first kappa shape index (κ1) is 17.2. The molecule has 1 heterocycles. The van der Waals surface area contributed by atoms with Gasteiger partial charge in [-0.15, -0.1) is 0 Å². The molecule has 0 aliphatic carbocycles. The zero-order valence-electron chi connectivity index (χ0n) is 13.2. The summed E-state index contributed by atoms with van der Waals surface area (Å²) in [7, 11) is 0. The van der Waals surface area contributed by atoms with Crippen LogP contribution in [-0.2, 0) is 19.0 Å². The minimum absolute atomic E-state index is 0.144. The molecular weight excluding hydrogens is 256 g/mol. The molecular formula is C16H28O4. The number of allylic oxidation sites excluding steroid dienone is 2. The summed E-state index contributed by atoms with van der Waals surface area (Å²) in [6.07, 6.45) is 7.64. The highest BCUT2D eigenvalue weighted by molar-refractivity contribution is 5.69. The quantitative estimate of drug-likeness (QED) is 0.506. The molecule has 0 amide bonds. The second-order valence-corrected chi connectivity index (χ2v) is 5.87. The SMILES string of the molecule is CCCC(C)/C=C/CCC(=O)OCC1COC(C)(C)O1. The zero-order valence-corrected chi connectivity index (χ0v) is 13.2. The third-order valence-electron chi connectivity index (χ3n) is 3.22. The number of hydrogen-bond donors (Lipinski definition) is 0. The van der Waals surface area contributed by atoms with Crippen molar-refractivity contribution in [2.75, 3.05) is 13.2 Å². The van der Waals surface area contributed by atoms with Crippen molar-refractivity contribution in [2.24, 2.45) is 5.92 Å². The molecule has 0 saturated carbocycles. The Kier molecular flexibility index (Phi) is 7.24. The summed E-state index contributed by atoms with van der Waals surface area (Å²) in [6, 6.07) is 0. The third-order valence-corrected chi connectivity index (χ3v) is 3.22. The first-order valence-corrected chi connectivity index (χ1v) is 7.57. The van der Waals surface area contributed by atoms with Crippen molar-refractivity contribution in [3.63, 3.8) is 0 Å². The summed E-state index contributed by atoms with van der Waals surface area (Å²) in [6.45, 7) is 8.84. The van der Waals surface area contributed by atoms with Crippen molar-refractivity contribution in [1.29, 1.82) is 0 Å². The van der Waals surface area contributed by atoms with Crippen LogP contribution in [0.4, 0.5) is 0 Å². The van der Waals surface area contributed by atoms with Crippen LogP contribution in [0, 0.1) is 5.92 Å². The van der Waals surface area contributed by atoms with E-state index < -0.39 is 5.79 Å². The third kappa shape index (κ3) is 7.06. The molecule has 1 aliphatic heterocycles. The van der Waals surface area contributed by atoms with E-state index in [0.717, 1.165) is 6.42 Å². The summed E-state index contributed by atoms with van der Waals surface area (Å²) in [5.41, 5.74) is 0. The highest BCUT2D eigenvalue weighted by Crippen LogP contribution is 2.22. The Morgan fingerprint density at radius 1 is 1.50 bits per heavy atom. The van der Waals surface area contributed by atoms with Crippen LogP contribution < -0.4 is 0 Å². The lowest BCUT2D eigenvalue weighted by Gasteiger charge is -2.16. The standard InChI is InChI=1S/C16H28O4/c1-5-8-13(2)9-6-7-10-15(17)18-11-14-12-19-16(3,4)20-14/h6,9,13-14H,5,7-8,10-12H2,1-4H3/b9-6+. The number of esters is 1. The van der Waals surface area contributed by atoms with Gasteiger partial charge in [-0.05, 0) is 32.6 Å². The fourth-order valence-electron chi connectivity index (χ4n) is 2.18. The average Bonchev–Trinajstić information content (AvgIpc) is 2.72. The predicted molar refractivity (Wildman–Crippen MR) is 78.3 cm³/mol. The highest BCUT2D eigenvalue weighted by Gasteiger charge is 2.33. The van der Waals surface area contributed by atoms with Gasteiger partial charge in [0.15, 0.2) is 5.79 Å². The first-order chi connectivity index (χ1) is 9.43. The van der Waals surface area contributed by atoms with Crippen LogP contribution in [-0.4, -0.2) is 31.1 Å². The van der Waals surface area contributed by atoms with Gasteiger partial charge in [0.25, 0.3) is 0 Å². The molecule has 1 aliphatic rings. The molecule has 0 spiro atoms. The smallest absolute Gasteiger partial charge is 0.306 e. The number of hydrogen-bond acceptors (Lipinski definition) is 4.